The first kappa shape index (κ1) is 30.5. The van der Waals surface area contributed by atoms with Crippen molar-refractivity contribution in [3.05, 3.63) is 30.3 Å². The molecule has 1 heterocycles. The van der Waals surface area contributed by atoms with E-state index in [2.05, 4.69) is 6.58 Å². The quantitative estimate of drug-likeness (QED) is 0.556. The van der Waals surface area contributed by atoms with Crippen molar-refractivity contribution in [3.8, 4) is 11.5 Å². The van der Waals surface area contributed by atoms with Crippen molar-refractivity contribution in [2.75, 3.05) is 119 Å². The van der Waals surface area contributed by atoms with Gasteiger partial charge in [0.15, 0.2) is 11.5 Å². The zero-order chi connectivity index (χ0) is 25.4. The number of hydrogen-bond donors (Lipinski definition) is 0. The molecule has 206 valence electrons. The molecule has 36 heavy (non-hydrogen) atoms. The van der Waals surface area contributed by atoms with Crippen LogP contribution in [0.15, 0.2) is 24.8 Å². The maximum atomic E-state index is 5.88. The van der Waals surface area contributed by atoms with E-state index in [0.29, 0.717) is 130 Å². The molecule has 2 rings (SSSR count). The van der Waals surface area contributed by atoms with Gasteiger partial charge in [-0.05, 0) is 17.7 Å². The van der Waals surface area contributed by atoms with Crippen molar-refractivity contribution in [2.45, 2.75) is 0 Å². The first-order valence-electron chi connectivity index (χ1n) is 12.5. The van der Waals surface area contributed by atoms with E-state index in [0.717, 1.165) is 5.56 Å². The second-order valence-electron chi connectivity index (χ2n) is 7.51. The first-order chi connectivity index (χ1) is 17.9. The zero-order valence-corrected chi connectivity index (χ0v) is 21.3. The third-order valence-corrected chi connectivity index (χ3v) is 4.78. The van der Waals surface area contributed by atoms with Crippen molar-refractivity contribution in [3.63, 3.8) is 0 Å². The number of fused-ring (bicyclic) bond motifs is 1. The lowest BCUT2D eigenvalue weighted by Gasteiger charge is -2.14. The SMILES string of the molecule is C=Cc1ccc2c(c1)OCCOCCOCCOCCOCCOCCOCCOCCOCCO2. The van der Waals surface area contributed by atoms with Gasteiger partial charge in [-0.25, -0.2) is 0 Å². The van der Waals surface area contributed by atoms with E-state index in [9.17, 15) is 0 Å². The first-order valence-corrected chi connectivity index (χ1v) is 12.5. The number of rotatable bonds is 1. The summed E-state index contributed by atoms with van der Waals surface area (Å²) in [7, 11) is 0. The Morgan fingerprint density at radius 2 is 0.722 bits per heavy atom. The summed E-state index contributed by atoms with van der Waals surface area (Å²) in [6, 6.07) is 5.68. The molecule has 0 fully saturated rings. The molecule has 0 saturated heterocycles. The van der Waals surface area contributed by atoms with E-state index in [1.54, 1.807) is 6.08 Å². The molecule has 0 radical (unpaired) electrons. The Bertz CT molecular complexity index is 658. The normalized spacial score (nSPS) is 20.7. The van der Waals surface area contributed by atoms with Crippen LogP contribution in [-0.2, 0) is 37.9 Å². The Morgan fingerprint density at radius 3 is 1.06 bits per heavy atom. The summed E-state index contributed by atoms with van der Waals surface area (Å²) in [6.07, 6.45) is 1.76. The lowest BCUT2D eigenvalue weighted by Crippen LogP contribution is -2.16. The highest BCUT2D eigenvalue weighted by atomic mass is 16.6. The van der Waals surface area contributed by atoms with Gasteiger partial charge in [-0.3, -0.25) is 0 Å². The summed E-state index contributed by atoms with van der Waals surface area (Å²) >= 11 is 0. The van der Waals surface area contributed by atoms with Gasteiger partial charge >= 0.3 is 0 Å². The van der Waals surface area contributed by atoms with Crippen LogP contribution in [0.25, 0.3) is 6.08 Å². The van der Waals surface area contributed by atoms with Crippen molar-refractivity contribution in [1.29, 1.82) is 0 Å². The van der Waals surface area contributed by atoms with Gasteiger partial charge in [0.1, 0.15) is 13.2 Å². The van der Waals surface area contributed by atoms with Crippen LogP contribution >= 0.6 is 0 Å². The Kier molecular flexibility index (Phi) is 19.0. The summed E-state index contributed by atoms with van der Waals surface area (Å²) in [5, 5.41) is 0. The van der Waals surface area contributed by atoms with Crippen LogP contribution in [0.2, 0.25) is 0 Å². The molecule has 10 heteroatoms. The van der Waals surface area contributed by atoms with Crippen LogP contribution in [0, 0.1) is 0 Å². The lowest BCUT2D eigenvalue weighted by atomic mass is 10.2. The minimum atomic E-state index is 0.392. The van der Waals surface area contributed by atoms with E-state index >= 15 is 0 Å². The fourth-order valence-corrected chi connectivity index (χ4v) is 2.95. The number of hydrogen-bond acceptors (Lipinski definition) is 10. The van der Waals surface area contributed by atoms with Crippen LogP contribution in [0.5, 0.6) is 11.5 Å². The molecular weight excluding hydrogens is 472 g/mol. The molecule has 0 aliphatic carbocycles. The third-order valence-electron chi connectivity index (χ3n) is 4.78. The minimum Gasteiger partial charge on any atom is -0.487 e. The summed E-state index contributed by atoms with van der Waals surface area (Å²) in [6.45, 7) is 12.6. The number of benzene rings is 1. The largest absolute Gasteiger partial charge is 0.487 e. The molecule has 0 aromatic heterocycles. The predicted molar refractivity (Wildman–Crippen MR) is 134 cm³/mol. The Morgan fingerprint density at radius 1 is 0.417 bits per heavy atom. The standard InChI is InChI=1S/C26H42O10/c1-2-24-3-4-25-26(23-24)36-22-20-34-18-16-32-14-12-30-10-8-28-6-5-27-7-9-29-11-13-31-15-17-33-19-21-35-25/h2-4,23H,1,5-22H2. The van der Waals surface area contributed by atoms with Crippen LogP contribution in [-0.4, -0.2) is 119 Å². The molecule has 10 nitrogen and oxygen atoms in total. The third kappa shape index (κ3) is 16.1. The molecule has 0 unspecified atom stereocenters. The van der Waals surface area contributed by atoms with Gasteiger partial charge in [-0.1, -0.05) is 18.7 Å². The molecule has 1 aromatic carbocycles. The molecule has 0 saturated carbocycles. The number of ether oxygens (including phenoxy) is 10. The lowest BCUT2D eigenvalue weighted by molar-refractivity contribution is -0.0244. The van der Waals surface area contributed by atoms with Crippen molar-refractivity contribution >= 4 is 6.08 Å². The molecule has 0 amide bonds. The summed E-state index contributed by atoms with van der Waals surface area (Å²) in [5.41, 5.74) is 0.947. The fraction of sp³-hybridized carbons (Fsp3) is 0.692. The molecular formula is C26H42O10. The predicted octanol–water partition coefficient (Wildman–Crippen LogP) is 2.23. The van der Waals surface area contributed by atoms with Gasteiger partial charge < -0.3 is 47.4 Å². The van der Waals surface area contributed by atoms with Gasteiger partial charge in [-0.2, -0.15) is 0 Å². The van der Waals surface area contributed by atoms with E-state index in [4.69, 9.17) is 47.4 Å². The molecule has 0 N–H and O–H groups in total. The molecule has 0 atom stereocenters. The summed E-state index contributed by atoms with van der Waals surface area (Å²) < 4.78 is 55.7. The molecule has 0 spiro atoms. The molecule has 1 aromatic rings. The summed E-state index contributed by atoms with van der Waals surface area (Å²) in [5.74, 6) is 1.29. The second kappa shape index (κ2) is 22.4. The van der Waals surface area contributed by atoms with E-state index < -0.39 is 0 Å². The van der Waals surface area contributed by atoms with Crippen molar-refractivity contribution < 1.29 is 47.4 Å². The maximum Gasteiger partial charge on any atom is 0.161 e. The molecule has 1 aliphatic rings. The highest BCUT2D eigenvalue weighted by Gasteiger charge is 2.07. The Labute approximate surface area is 214 Å². The smallest absolute Gasteiger partial charge is 0.161 e. The topological polar surface area (TPSA) is 92.3 Å². The summed E-state index contributed by atoms with van der Waals surface area (Å²) in [4.78, 5) is 0. The van der Waals surface area contributed by atoms with Crippen LogP contribution < -0.4 is 9.47 Å². The Balaban J connectivity index is 1.69. The van der Waals surface area contributed by atoms with Gasteiger partial charge in [0.2, 0.25) is 0 Å². The van der Waals surface area contributed by atoms with Gasteiger partial charge in [-0.15, -0.1) is 0 Å². The van der Waals surface area contributed by atoms with Gasteiger partial charge in [0.05, 0.1) is 106 Å². The van der Waals surface area contributed by atoms with E-state index in [1.807, 2.05) is 18.2 Å². The average Bonchev–Trinajstić information content (AvgIpc) is 2.90. The zero-order valence-electron chi connectivity index (χ0n) is 21.3. The van der Waals surface area contributed by atoms with Crippen LogP contribution in [0.3, 0.4) is 0 Å². The Hall–Kier alpha value is -1.76. The highest BCUT2D eigenvalue weighted by Crippen LogP contribution is 2.28. The fourth-order valence-electron chi connectivity index (χ4n) is 2.95. The van der Waals surface area contributed by atoms with Crippen molar-refractivity contribution in [2.24, 2.45) is 0 Å². The monoisotopic (exact) mass is 514 g/mol. The molecule has 0 bridgehead atoms. The van der Waals surface area contributed by atoms with Gasteiger partial charge in [0, 0.05) is 0 Å². The molecule has 1 aliphatic heterocycles. The van der Waals surface area contributed by atoms with Crippen LogP contribution in [0.1, 0.15) is 5.56 Å². The van der Waals surface area contributed by atoms with Gasteiger partial charge in [0.25, 0.3) is 0 Å². The average molecular weight is 515 g/mol. The van der Waals surface area contributed by atoms with E-state index in [1.165, 1.54) is 0 Å². The maximum absolute atomic E-state index is 5.88. The van der Waals surface area contributed by atoms with Crippen molar-refractivity contribution in [1.82, 2.24) is 0 Å². The second-order valence-corrected chi connectivity index (χ2v) is 7.51. The van der Waals surface area contributed by atoms with E-state index in [-0.39, 0.29) is 0 Å². The minimum absolute atomic E-state index is 0.392. The van der Waals surface area contributed by atoms with Crippen LogP contribution in [0.4, 0.5) is 0 Å². The highest BCUT2D eigenvalue weighted by molar-refractivity contribution is 5.54.